The maximum atomic E-state index is 12.4. The summed E-state index contributed by atoms with van der Waals surface area (Å²) in [6.45, 7) is 6.27. The third-order valence-corrected chi connectivity index (χ3v) is 7.35. The zero-order chi connectivity index (χ0) is 20.4. The first kappa shape index (κ1) is 20.4. The minimum absolute atomic E-state index is 0.0956. The highest BCUT2D eigenvalue weighted by Crippen LogP contribution is 2.35. The number of aromatic nitrogens is 3. The standard InChI is InChI=1S/C20H22ClN5OS2/c1-12-4-3-7-26(9-12)20-25-18-17(29-20)19(23-11-22-18)28-10-16(27)24-15-8-14(21)6-5-13(15)2/h5-6,8,11-12H,3-4,7,9-10H2,1-2H3,(H,24,27). The molecule has 1 aliphatic heterocycles. The Morgan fingerprint density at radius 2 is 2.28 bits per heavy atom. The van der Waals surface area contributed by atoms with Crippen molar-refractivity contribution >= 4 is 61.8 Å². The zero-order valence-electron chi connectivity index (χ0n) is 16.3. The van der Waals surface area contributed by atoms with Gasteiger partial charge in [-0.25, -0.2) is 9.97 Å². The fourth-order valence-electron chi connectivity index (χ4n) is 3.37. The summed E-state index contributed by atoms with van der Waals surface area (Å²) >= 11 is 9.05. The summed E-state index contributed by atoms with van der Waals surface area (Å²) in [6.07, 6.45) is 3.98. The zero-order valence-corrected chi connectivity index (χ0v) is 18.7. The number of halogens is 1. The summed E-state index contributed by atoms with van der Waals surface area (Å²) < 4.78 is 0.942. The van der Waals surface area contributed by atoms with Crippen LogP contribution in [0.4, 0.5) is 10.8 Å². The van der Waals surface area contributed by atoms with E-state index in [1.54, 1.807) is 17.4 Å². The Morgan fingerprint density at radius 1 is 1.41 bits per heavy atom. The van der Waals surface area contributed by atoms with Crippen LogP contribution in [0.3, 0.4) is 0 Å². The maximum absolute atomic E-state index is 12.4. The number of thioether (sulfide) groups is 1. The number of benzene rings is 1. The molecule has 1 aliphatic rings. The number of nitrogens with zero attached hydrogens (tertiary/aromatic N) is 4. The Kier molecular flexibility index (Phi) is 6.22. The number of fused-ring (bicyclic) bond motifs is 1. The van der Waals surface area contributed by atoms with Crippen LogP contribution in [0.5, 0.6) is 0 Å². The summed E-state index contributed by atoms with van der Waals surface area (Å²) in [5.74, 6) is 0.836. The fourth-order valence-corrected chi connectivity index (χ4v) is 5.47. The molecule has 0 spiro atoms. The van der Waals surface area contributed by atoms with E-state index in [1.165, 1.54) is 30.9 Å². The van der Waals surface area contributed by atoms with Gasteiger partial charge in [0.15, 0.2) is 10.8 Å². The predicted octanol–water partition coefficient (Wildman–Crippen LogP) is 5.02. The first-order valence-electron chi connectivity index (χ1n) is 9.55. The predicted molar refractivity (Wildman–Crippen MR) is 121 cm³/mol. The van der Waals surface area contributed by atoms with E-state index in [4.69, 9.17) is 16.6 Å². The van der Waals surface area contributed by atoms with Gasteiger partial charge in [0.25, 0.3) is 0 Å². The number of carbonyl (C=O) groups is 1. The van der Waals surface area contributed by atoms with Crippen LogP contribution in [-0.2, 0) is 4.79 Å². The molecule has 3 heterocycles. The quantitative estimate of drug-likeness (QED) is 0.437. The van der Waals surface area contributed by atoms with Gasteiger partial charge in [0.05, 0.1) is 5.75 Å². The van der Waals surface area contributed by atoms with Gasteiger partial charge >= 0.3 is 0 Å². The lowest BCUT2D eigenvalue weighted by molar-refractivity contribution is -0.113. The molecule has 6 nitrogen and oxygen atoms in total. The molecule has 0 bridgehead atoms. The molecule has 1 amide bonds. The Balaban J connectivity index is 1.46. The summed E-state index contributed by atoms with van der Waals surface area (Å²) in [5, 5.41) is 5.31. The Bertz CT molecular complexity index is 1040. The van der Waals surface area contributed by atoms with Crippen molar-refractivity contribution in [1.29, 1.82) is 0 Å². The third-order valence-electron chi connectivity index (χ3n) is 4.89. The van der Waals surface area contributed by atoms with Crippen LogP contribution < -0.4 is 10.2 Å². The van der Waals surface area contributed by atoms with Crippen molar-refractivity contribution in [2.24, 2.45) is 5.92 Å². The number of piperidine rings is 1. The van der Waals surface area contributed by atoms with Crippen LogP contribution in [0, 0.1) is 12.8 Å². The second-order valence-electron chi connectivity index (χ2n) is 7.32. The molecule has 1 unspecified atom stereocenters. The Labute approximate surface area is 183 Å². The minimum atomic E-state index is -0.0956. The Hall–Kier alpha value is -1.90. The number of hydrogen-bond acceptors (Lipinski definition) is 7. The van der Waals surface area contributed by atoms with E-state index in [0.717, 1.165) is 39.2 Å². The lowest BCUT2D eigenvalue weighted by atomic mass is 10.0. The average Bonchev–Trinajstić information content (AvgIpc) is 3.14. The number of thiazole rings is 1. The van der Waals surface area contributed by atoms with Gasteiger partial charge < -0.3 is 10.2 Å². The number of aryl methyl sites for hydroxylation is 1. The van der Waals surface area contributed by atoms with Gasteiger partial charge in [-0.1, -0.05) is 47.7 Å². The van der Waals surface area contributed by atoms with Crippen molar-refractivity contribution < 1.29 is 4.79 Å². The Morgan fingerprint density at radius 3 is 3.10 bits per heavy atom. The van der Waals surface area contributed by atoms with Gasteiger partial charge in [0.1, 0.15) is 16.1 Å². The number of rotatable bonds is 5. The molecule has 0 saturated carbocycles. The van der Waals surface area contributed by atoms with E-state index in [1.807, 2.05) is 19.1 Å². The monoisotopic (exact) mass is 447 g/mol. The lowest BCUT2D eigenvalue weighted by Gasteiger charge is -2.30. The van der Waals surface area contributed by atoms with Crippen LogP contribution in [0.15, 0.2) is 29.6 Å². The molecule has 1 fully saturated rings. The summed E-state index contributed by atoms with van der Waals surface area (Å²) in [7, 11) is 0. The van der Waals surface area contributed by atoms with Crippen molar-refractivity contribution in [2.45, 2.75) is 31.7 Å². The third kappa shape index (κ3) is 4.82. The molecule has 9 heteroatoms. The van der Waals surface area contributed by atoms with Crippen LogP contribution >= 0.6 is 34.7 Å². The number of anilines is 2. The molecule has 1 aromatic carbocycles. The molecule has 1 saturated heterocycles. The van der Waals surface area contributed by atoms with Crippen LogP contribution in [0.1, 0.15) is 25.3 Å². The number of amides is 1. The number of carbonyl (C=O) groups excluding carboxylic acids is 1. The highest BCUT2D eigenvalue weighted by molar-refractivity contribution is 8.00. The molecule has 0 radical (unpaired) electrons. The van der Waals surface area contributed by atoms with Gasteiger partial charge in [0, 0.05) is 23.8 Å². The van der Waals surface area contributed by atoms with Crippen molar-refractivity contribution in [1.82, 2.24) is 15.0 Å². The molecule has 2 aromatic heterocycles. The highest BCUT2D eigenvalue weighted by atomic mass is 35.5. The van der Waals surface area contributed by atoms with Crippen molar-refractivity contribution in [3.8, 4) is 0 Å². The molecule has 4 rings (SSSR count). The van der Waals surface area contributed by atoms with Crippen molar-refractivity contribution in [3.05, 3.63) is 35.1 Å². The SMILES string of the molecule is Cc1ccc(Cl)cc1NC(=O)CSc1ncnc2nc(N3CCCC(C)C3)sc12. The maximum Gasteiger partial charge on any atom is 0.234 e. The summed E-state index contributed by atoms with van der Waals surface area (Å²) in [5.41, 5.74) is 2.40. The van der Waals surface area contributed by atoms with Gasteiger partial charge in [-0.15, -0.1) is 0 Å². The van der Waals surface area contributed by atoms with Crippen LogP contribution in [-0.4, -0.2) is 39.7 Å². The summed E-state index contributed by atoms with van der Waals surface area (Å²) in [6, 6.07) is 5.46. The summed E-state index contributed by atoms with van der Waals surface area (Å²) in [4.78, 5) is 28.2. The molecule has 29 heavy (non-hydrogen) atoms. The molecule has 3 aromatic rings. The second kappa shape index (κ2) is 8.85. The van der Waals surface area contributed by atoms with E-state index >= 15 is 0 Å². The molecule has 1 atom stereocenters. The average molecular weight is 448 g/mol. The molecular formula is C20H22ClN5OS2. The molecular weight excluding hydrogens is 426 g/mol. The van der Waals surface area contributed by atoms with Gasteiger partial charge in [0.2, 0.25) is 5.91 Å². The highest BCUT2D eigenvalue weighted by Gasteiger charge is 2.21. The van der Waals surface area contributed by atoms with Gasteiger partial charge in [-0.2, -0.15) is 4.98 Å². The minimum Gasteiger partial charge on any atom is -0.348 e. The normalized spacial score (nSPS) is 16.9. The van der Waals surface area contributed by atoms with E-state index < -0.39 is 0 Å². The van der Waals surface area contributed by atoms with E-state index in [-0.39, 0.29) is 11.7 Å². The largest absolute Gasteiger partial charge is 0.348 e. The fraction of sp³-hybridized carbons (Fsp3) is 0.400. The molecule has 1 N–H and O–H groups in total. The first-order valence-corrected chi connectivity index (χ1v) is 11.7. The topological polar surface area (TPSA) is 71.0 Å². The lowest BCUT2D eigenvalue weighted by Crippen LogP contribution is -2.34. The first-order chi connectivity index (χ1) is 14.0. The van der Waals surface area contributed by atoms with E-state index in [9.17, 15) is 4.79 Å². The van der Waals surface area contributed by atoms with Crippen LogP contribution in [0.2, 0.25) is 5.02 Å². The molecule has 0 aliphatic carbocycles. The second-order valence-corrected chi connectivity index (χ2v) is 9.70. The smallest absolute Gasteiger partial charge is 0.234 e. The number of hydrogen-bond donors (Lipinski definition) is 1. The van der Waals surface area contributed by atoms with E-state index in [2.05, 4.69) is 27.1 Å². The van der Waals surface area contributed by atoms with Gasteiger partial charge in [-0.05, 0) is 43.4 Å². The van der Waals surface area contributed by atoms with E-state index in [0.29, 0.717) is 16.6 Å². The van der Waals surface area contributed by atoms with Crippen molar-refractivity contribution in [2.75, 3.05) is 29.1 Å². The van der Waals surface area contributed by atoms with Gasteiger partial charge in [-0.3, -0.25) is 4.79 Å². The number of nitrogens with one attached hydrogen (secondary N) is 1. The van der Waals surface area contributed by atoms with Crippen LogP contribution in [0.25, 0.3) is 10.3 Å². The molecule has 152 valence electrons. The van der Waals surface area contributed by atoms with Crippen molar-refractivity contribution in [3.63, 3.8) is 0 Å².